The predicted molar refractivity (Wildman–Crippen MR) is 70.9 cm³/mol. The Bertz CT molecular complexity index is 498. The second-order valence-electron chi connectivity index (χ2n) is 4.82. The van der Waals surface area contributed by atoms with Gasteiger partial charge in [-0.3, -0.25) is 0 Å². The van der Waals surface area contributed by atoms with Crippen molar-refractivity contribution in [3.8, 4) is 5.75 Å². The molecule has 0 heterocycles. The molecule has 1 aliphatic rings. The number of methoxy groups -OCH3 is 1. The number of para-hydroxylation sites is 1. The molecule has 0 spiro atoms. The summed E-state index contributed by atoms with van der Waals surface area (Å²) in [5.41, 5.74) is 0. The van der Waals surface area contributed by atoms with Crippen LogP contribution < -0.4 is 34.7 Å². The maximum absolute atomic E-state index is 5.51. The molecule has 0 aromatic heterocycles. The van der Waals surface area contributed by atoms with Gasteiger partial charge in [0.15, 0.2) is 0 Å². The van der Waals surface area contributed by atoms with E-state index in [1.165, 1.54) is 9.06 Å². The Hall–Kier alpha value is 0.0112. The van der Waals surface area contributed by atoms with Crippen molar-refractivity contribution in [2.45, 2.75) is 19.5 Å². The Balaban J connectivity index is 0.00000162. The average Bonchev–Trinajstić information content (AvgIpc) is 2.76. The minimum absolute atomic E-state index is 0. The predicted octanol–water partition coefficient (Wildman–Crippen LogP) is -3.08. The van der Waals surface area contributed by atoms with Crippen LogP contribution in [0, 0.1) is 0 Å². The molecule has 0 N–H and O–H groups in total. The molecule has 0 atom stereocenters. The van der Waals surface area contributed by atoms with Crippen LogP contribution in [0.4, 0.5) is 0 Å². The number of allylic oxidation sites excluding steroid dienone is 4. The molecule has 0 bridgehead atoms. The van der Waals surface area contributed by atoms with E-state index in [2.05, 4.69) is 63.9 Å². The van der Waals surface area contributed by atoms with E-state index in [1.807, 2.05) is 6.07 Å². The third-order valence-electron chi connectivity index (χ3n) is 3.39. The summed E-state index contributed by atoms with van der Waals surface area (Å²) in [6.45, 7) is 4.80. The normalized spacial score (nSPS) is 13.9. The third-order valence-corrected chi connectivity index (χ3v) is 8.09. The fourth-order valence-electron chi connectivity index (χ4n) is 2.40. The van der Waals surface area contributed by atoms with Crippen LogP contribution in [0.5, 0.6) is 5.75 Å². The van der Waals surface area contributed by atoms with E-state index >= 15 is 0 Å². The van der Waals surface area contributed by atoms with Gasteiger partial charge in [-0.25, -0.2) is 0 Å². The molecule has 0 amide bonds. The molecule has 101 valence electrons. The summed E-state index contributed by atoms with van der Waals surface area (Å²) in [6.07, 6.45) is 5.70. The number of hydrogen-bond donors (Lipinski definition) is 0. The van der Waals surface area contributed by atoms with E-state index in [4.69, 9.17) is 4.74 Å². The van der Waals surface area contributed by atoms with Crippen molar-refractivity contribution in [3.05, 3.63) is 45.5 Å². The van der Waals surface area contributed by atoms with E-state index in [-0.39, 0.29) is 24.8 Å². The minimum atomic E-state index is -1.61. The Labute approximate surface area is 140 Å². The van der Waals surface area contributed by atoms with Crippen LogP contribution in [0.1, 0.15) is 6.42 Å². The monoisotopic (exact) mass is 347 g/mol. The summed E-state index contributed by atoms with van der Waals surface area (Å²) in [4.78, 5) is 0. The summed E-state index contributed by atoms with van der Waals surface area (Å²) in [5.74, 6) is 1.03. The zero-order valence-electron chi connectivity index (χ0n) is 11.3. The molecule has 2 rings (SSSR count). The summed E-state index contributed by atoms with van der Waals surface area (Å²) in [6, 6.07) is 8.44. The molecular weight excluding hydrogens is 331 g/mol. The van der Waals surface area contributed by atoms with Gasteiger partial charge in [-0.2, -0.15) is 0 Å². The summed E-state index contributed by atoms with van der Waals surface area (Å²) >= 11 is 2.25. The molecule has 0 unspecified atom stereocenters. The number of benzene rings is 1. The molecule has 0 radical (unpaired) electrons. The summed E-state index contributed by atoms with van der Waals surface area (Å²) < 4.78 is 7.04. The Morgan fingerprint density at radius 2 is 1.79 bits per heavy atom. The minimum Gasteiger partial charge on any atom is -1.00 e. The number of rotatable bonds is 3. The van der Waals surface area contributed by atoms with Crippen molar-refractivity contribution in [1.82, 2.24) is 0 Å². The number of ether oxygens (including phenoxy) is 1. The van der Waals surface area contributed by atoms with Gasteiger partial charge in [-0.15, -0.1) is 0 Å². The van der Waals surface area contributed by atoms with Gasteiger partial charge in [-0.05, 0) is 0 Å². The van der Waals surface area contributed by atoms with E-state index in [9.17, 15) is 0 Å². The SMILES string of the molecule is COc1ccccc1[Si](C)(C)C1=[C]([Ti+2])CC=C1.[Cl-].[Cl-]. The molecule has 19 heavy (non-hydrogen) atoms. The molecule has 1 aromatic rings. The Morgan fingerprint density at radius 3 is 2.32 bits per heavy atom. The molecule has 0 aliphatic heterocycles. The van der Waals surface area contributed by atoms with Crippen molar-refractivity contribution in [2.75, 3.05) is 7.11 Å². The molecule has 1 aliphatic carbocycles. The van der Waals surface area contributed by atoms with Crippen LogP contribution in [0.2, 0.25) is 13.1 Å². The van der Waals surface area contributed by atoms with Crippen LogP contribution in [0.15, 0.2) is 45.5 Å². The van der Waals surface area contributed by atoms with Gasteiger partial charge in [0.05, 0.1) is 0 Å². The molecule has 0 fully saturated rings. The zero-order chi connectivity index (χ0) is 12.5. The maximum atomic E-state index is 5.51. The van der Waals surface area contributed by atoms with Crippen LogP contribution in [-0.4, -0.2) is 15.2 Å². The van der Waals surface area contributed by atoms with Crippen LogP contribution in [-0.2, 0) is 20.4 Å². The first-order chi connectivity index (χ1) is 8.07. The van der Waals surface area contributed by atoms with E-state index in [1.54, 1.807) is 12.3 Å². The molecule has 5 heteroatoms. The molecule has 0 saturated heterocycles. The Morgan fingerprint density at radius 1 is 1.16 bits per heavy atom. The number of halogens is 2. The van der Waals surface area contributed by atoms with Crippen molar-refractivity contribution in [2.24, 2.45) is 0 Å². The largest absolute Gasteiger partial charge is 1.00 e. The Kier molecular flexibility index (Phi) is 7.71. The van der Waals surface area contributed by atoms with Gasteiger partial charge < -0.3 is 24.8 Å². The van der Waals surface area contributed by atoms with E-state index in [0.717, 1.165) is 12.2 Å². The quantitative estimate of drug-likeness (QED) is 0.527. The molecular formula is C14H17Cl2OSiTi. The maximum Gasteiger partial charge on any atom is -1.00 e. The van der Waals surface area contributed by atoms with Crippen molar-refractivity contribution < 1.29 is 50.0 Å². The smallest absolute Gasteiger partial charge is 1.00 e. The van der Waals surface area contributed by atoms with Gasteiger partial charge in [0.2, 0.25) is 0 Å². The van der Waals surface area contributed by atoms with Crippen molar-refractivity contribution in [3.63, 3.8) is 0 Å². The first-order valence-corrected chi connectivity index (χ1v) is 9.60. The van der Waals surface area contributed by atoms with Crippen LogP contribution >= 0.6 is 0 Å². The van der Waals surface area contributed by atoms with Gasteiger partial charge in [0, 0.05) is 0 Å². The standard InChI is InChI=1S/C14H17OSi.2ClH.Ti/c1-15-13-10-6-7-11-14(13)16(2,3)12-8-4-5-9-12;;;/h4,6-8,10-11H,5H2,1-3H3;2*1H;/q;;;+2/p-2. The van der Waals surface area contributed by atoms with Gasteiger partial charge in [0.25, 0.3) is 0 Å². The average molecular weight is 348 g/mol. The molecule has 0 saturated carbocycles. The zero-order valence-corrected chi connectivity index (χ0v) is 15.4. The van der Waals surface area contributed by atoms with Gasteiger partial charge in [-0.1, -0.05) is 0 Å². The first kappa shape index (κ1) is 19.0. The second kappa shape index (κ2) is 7.70. The summed E-state index contributed by atoms with van der Waals surface area (Å²) in [7, 11) is 0.152. The molecule has 1 nitrogen and oxygen atoms in total. The van der Waals surface area contributed by atoms with E-state index < -0.39 is 8.07 Å². The fourth-order valence-corrected chi connectivity index (χ4v) is 7.17. The van der Waals surface area contributed by atoms with Crippen LogP contribution in [0.25, 0.3) is 0 Å². The van der Waals surface area contributed by atoms with Gasteiger partial charge in [0.1, 0.15) is 0 Å². The summed E-state index contributed by atoms with van der Waals surface area (Å²) in [5, 5.41) is 2.95. The third kappa shape index (κ3) is 3.77. The first-order valence-electron chi connectivity index (χ1n) is 5.82. The number of hydrogen-bond acceptors (Lipinski definition) is 1. The van der Waals surface area contributed by atoms with E-state index in [0.29, 0.717) is 0 Å². The van der Waals surface area contributed by atoms with Crippen molar-refractivity contribution >= 4 is 13.3 Å². The molecule has 1 aromatic carbocycles. The van der Waals surface area contributed by atoms with Gasteiger partial charge >= 0.3 is 116 Å². The van der Waals surface area contributed by atoms with Crippen molar-refractivity contribution in [1.29, 1.82) is 0 Å². The fraction of sp³-hybridized carbons (Fsp3) is 0.286. The van der Waals surface area contributed by atoms with Crippen LogP contribution in [0.3, 0.4) is 0 Å². The second-order valence-corrected chi connectivity index (χ2v) is 10.1. The topological polar surface area (TPSA) is 9.23 Å².